The topological polar surface area (TPSA) is 97.8 Å². The molecule has 0 bridgehead atoms. The van der Waals surface area contributed by atoms with Gasteiger partial charge in [0, 0.05) is 0 Å². The van der Waals surface area contributed by atoms with Crippen LogP contribution in [0.5, 0.6) is 0 Å². The van der Waals surface area contributed by atoms with Crippen LogP contribution in [0.4, 0.5) is 29.2 Å². The van der Waals surface area contributed by atoms with Crippen molar-refractivity contribution >= 4 is 17.6 Å². The van der Waals surface area contributed by atoms with Gasteiger partial charge in [0.2, 0.25) is 0 Å². The largest absolute Gasteiger partial charge is 0.443 e. The number of halogens is 4. The highest BCUT2D eigenvalue weighted by molar-refractivity contribution is 5.88. The zero-order chi connectivity index (χ0) is 16.3. The van der Waals surface area contributed by atoms with E-state index in [0.29, 0.717) is 11.8 Å². The monoisotopic (exact) mass is 316 g/mol. The number of rotatable bonds is 2. The van der Waals surface area contributed by atoms with Gasteiger partial charge in [-0.25, -0.2) is 14.4 Å². The number of aromatic nitrogens is 2. The number of hydrogen-bond acceptors (Lipinski definition) is 2. The molecule has 1 aromatic heterocycles. The molecule has 0 aliphatic heterocycles. The molecule has 0 fully saturated rings. The predicted octanol–water partition coefficient (Wildman–Crippen LogP) is 0.0667. The molecule has 116 valence electrons. The highest BCUT2D eigenvalue weighted by Crippen LogP contribution is 2.26. The third-order valence-electron chi connectivity index (χ3n) is 2.41. The molecule has 0 saturated heterocycles. The van der Waals surface area contributed by atoms with Gasteiger partial charge in [-0.2, -0.15) is 13.2 Å². The molecule has 1 aromatic carbocycles. The Labute approximate surface area is 120 Å². The first kappa shape index (κ1) is 15.5. The van der Waals surface area contributed by atoms with Gasteiger partial charge >= 0.3 is 12.1 Å². The quantitative estimate of drug-likeness (QED) is 0.358. The Morgan fingerprint density at radius 3 is 2.50 bits per heavy atom. The molecule has 0 amide bonds. The van der Waals surface area contributed by atoms with Crippen LogP contribution in [0, 0.1) is 5.82 Å². The van der Waals surface area contributed by atoms with Gasteiger partial charge in [0.05, 0.1) is 11.8 Å². The standard InChI is InChI=1S/C12H9F4N5O/c13-6-1-3-7(4-2-6)18-10(17)21-11-19-8(12(14,15)16)5-9(22)20-11/h1-5H,(H4,17,18,19,20,21,22)/p+1. The molecular weight excluding hydrogens is 306 g/mol. The first-order valence-electron chi connectivity index (χ1n) is 5.84. The van der Waals surface area contributed by atoms with E-state index in [1.165, 1.54) is 24.3 Å². The van der Waals surface area contributed by atoms with Crippen molar-refractivity contribution in [2.75, 3.05) is 5.32 Å². The number of aromatic amines is 1. The molecule has 6 nitrogen and oxygen atoms in total. The smallest absolute Gasteiger partial charge is 0.322 e. The Kier molecular flexibility index (Phi) is 4.11. The summed E-state index contributed by atoms with van der Waals surface area (Å²) in [5, 5.41) is 2.57. The van der Waals surface area contributed by atoms with Gasteiger partial charge in [0.25, 0.3) is 11.5 Å². The first-order chi connectivity index (χ1) is 10.2. The van der Waals surface area contributed by atoms with E-state index in [4.69, 9.17) is 5.73 Å². The normalized spacial score (nSPS) is 12.3. The van der Waals surface area contributed by atoms with E-state index in [2.05, 4.69) is 20.3 Å². The third kappa shape index (κ3) is 4.04. The maximum Gasteiger partial charge on any atom is 0.443 e. The average molecular weight is 316 g/mol. The van der Waals surface area contributed by atoms with Crippen LogP contribution in [0.3, 0.4) is 0 Å². The van der Waals surface area contributed by atoms with Crippen LogP contribution in [0.15, 0.2) is 35.1 Å². The number of alkyl halides is 3. The summed E-state index contributed by atoms with van der Waals surface area (Å²) in [7, 11) is 0. The Bertz CT molecular complexity index is 751. The van der Waals surface area contributed by atoms with Crippen LogP contribution >= 0.6 is 0 Å². The Balaban J connectivity index is 2.26. The number of nitrogens with zero attached hydrogens (tertiary/aromatic N) is 1. The predicted molar refractivity (Wildman–Crippen MR) is 69.7 cm³/mol. The van der Waals surface area contributed by atoms with Crippen molar-refractivity contribution in [3.8, 4) is 0 Å². The van der Waals surface area contributed by atoms with Gasteiger partial charge in [-0.3, -0.25) is 10.1 Å². The Morgan fingerprint density at radius 1 is 1.27 bits per heavy atom. The summed E-state index contributed by atoms with van der Waals surface area (Å²) >= 11 is 0. The lowest BCUT2D eigenvalue weighted by Gasteiger charge is -2.03. The molecule has 10 heteroatoms. The molecule has 0 unspecified atom stereocenters. The van der Waals surface area contributed by atoms with Crippen molar-refractivity contribution in [3.63, 3.8) is 0 Å². The lowest BCUT2D eigenvalue weighted by molar-refractivity contribution is -0.366. The fourth-order valence-electron chi connectivity index (χ4n) is 1.51. The number of nitrogens with two attached hydrogens (primary N) is 1. The van der Waals surface area contributed by atoms with E-state index in [9.17, 15) is 22.4 Å². The average Bonchev–Trinajstić information content (AvgIpc) is 2.39. The molecule has 1 heterocycles. The summed E-state index contributed by atoms with van der Waals surface area (Å²) in [4.78, 5) is 18.7. The van der Waals surface area contributed by atoms with Crippen LogP contribution < -0.4 is 21.6 Å². The first-order valence-corrected chi connectivity index (χ1v) is 5.84. The molecule has 2 aromatic rings. The number of benzene rings is 1. The van der Waals surface area contributed by atoms with E-state index in [0.717, 1.165) is 0 Å². The highest BCUT2D eigenvalue weighted by Gasteiger charge is 2.35. The van der Waals surface area contributed by atoms with Crippen molar-refractivity contribution in [3.05, 3.63) is 52.2 Å². The molecule has 0 atom stereocenters. The molecule has 22 heavy (non-hydrogen) atoms. The second-order valence-electron chi connectivity index (χ2n) is 4.15. The molecule has 0 saturated carbocycles. The number of anilines is 1. The number of guanidine groups is 1. The highest BCUT2D eigenvalue weighted by atomic mass is 19.4. The van der Waals surface area contributed by atoms with Gasteiger partial charge in [0.1, 0.15) is 5.82 Å². The minimum absolute atomic E-state index is 0.200. The second-order valence-corrected chi connectivity index (χ2v) is 4.15. The fourth-order valence-corrected chi connectivity index (χ4v) is 1.51. The second kappa shape index (κ2) is 5.84. The summed E-state index contributed by atoms with van der Waals surface area (Å²) in [6.07, 6.45) is -4.76. The van der Waals surface area contributed by atoms with E-state index >= 15 is 0 Å². The van der Waals surface area contributed by atoms with Gasteiger partial charge in [-0.1, -0.05) is 0 Å². The SMILES string of the molecule is NC(Nc1ccc(F)cc1)=[NH+]c1nc(C(F)(F)F)cc(=O)[nH]1. The van der Waals surface area contributed by atoms with E-state index < -0.39 is 29.2 Å². The third-order valence-corrected chi connectivity index (χ3v) is 2.41. The lowest BCUT2D eigenvalue weighted by Crippen LogP contribution is -2.73. The number of hydrogen-bond donors (Lipinski definition) is 4. The maximum atomic E-state index is 12.7. The van der Waals surface area contributed by atoms with Gasteiger partial charge in [0.15, 0.2) is 5.69 Å². The fraction of sp³-hybridized carbons (Fsp3) is 0.0833. The zero-order valence-corrected chi connectivity index (χ0v) is 10.8. The minimum atomic E-state index is -4.76. The van der Waals surface area contributed by atoms with Crippen LogP contribution in [0.2, 0.25) is 0 Å². The van der Waals surface area contributed by atoms with Crippen molar-refractivity contribution in [1.82, 2.24) is 9.97 Å². The summed E-state index contributed by atoms with van der Waals surface area (Å²) in [6, 6.07) is 5.40. The molecule has 0 spiro atoms. The maximum absolute atomic E-state index is 12.7. The molecule has 0 aliphatic rings. The van der Waals surface area contributed by atoms with E-state index in [1.807, 2.05) is 0 Å². The Hall–Kier alpha value is -2.91. The summed E-state index contributed by atoms with van der Waals surface area (Å²) < 4.78 is 50.3. The number of nitrogens with one attached hydrogen (secondary N) is 3. The molecule has 2 rings (SSSR count). The zero-order valence-electron chi connectivity index (χ0n) is 10.8. The van der Waals surface area contributed by atoms with Crippen molar-refractivity contribution < 1.29 is 22.6 Å². The minimum Gasteiger partial charge on any atom is -0.322 e. The molecule has 0 radical (unpaired) electrons. The molecular formula is C12H10F4N5O+. The van der Waals surface area contributed by atoms with Crippen LogP contribution in [0.25, 0.3) is 0 Å². The van der Waals surface area contributed by atoms with Gasteiger partial charge < -0.3 is 5.73 Å². The van der Waals surface area contributed by atoms with Crippen LogP contribution in [0.1, 0.15) is 5.69 Å². The molecule has 0 aliphatic carbocycles. The Morgan fingerprint density at radius 2 is 1.91 bits per heavy atom. The van der Waals surface area contributed by atoms with Crippen molar-refractivity contribution in [2.45, 2.75) is 6.18 Å². The van der Waals surface area contributed by atoms with Gasteiger partial charge in [-0.05, 0) is 24.3 Å². The van der Waals surface area contributed by atoms with Crippen molar-refractivity contribution in [2.24, 2.45) is 5.73 Å². The lowest BCUT2D eigenvalue weighted by atomic mass is 10.3. The summed E-state index contributed by atoms with van der Waals surface area (Å²) in [5.74, 6) is -1.14. The summed E-state index contributed by atoms with van der Waals surface area (Å²) in [5.41, 5.74) is 3.59. The van der Waals surface area contributed by atoms with Gasteiger partial charge in [-0.15, -0.1) is 4.98 Å². The van der Waals surface area contributed by atoms with E-state index in [-0.39, 0.29) is 5.96 Å². The van der Waals surface area contributed by atoms with E-state index in [1.54, 1.807) is 0 Å². The van der Waals surface area contributed by atoms with Crippen LogP contribution in [-0.2, 0) is 6.18 Å². The molecule has 5 N–H and O–H groups in total. The summed E-state index contributed by atoms with van der Waals surface area (Å²) in [6.45, 7) is 0. The van der Waals surface area contributed by atoms with Crippen LogP contribution in [-0.4, -0.2) is 15.9 Å². The van der Waals surface area contributed by atoms with Crippen molar-refractivity contribution in [1.29, 1.82) is 0 Å². The number of H-pyrrole nitrogens is 1.